The number of aryl methyl sites for hydroxylation is 1. The Kier molecular flexibility index (Phi) is 3.68. The van der Waals surface area contributed by atoms with Crippen molar-refractivity contribution >= 4 is 11.6 Å². The van der Waals surface area contributed by atoms with E-state index in [0.717, 1.165) is 23.5 Å². The van der Waals surface area contributed by atoms with Crippen molar-refractivity contribution in [2.24, 2.45) is 0 Å². The minimum absolute atomic E-state index is 0.0272. The van der Waals surface area contributed by atoms with Gasteiger partial charge in [0.1, 0.15) is 5.82 Å². The highest BCUT2D eigenvalue weighted by molar-refractivity contribution is 6.08. The van der Waals surface area contributed by atoms with Crippen molar-refractivity contribution in [3.63, 3.8) is 0 Å². The van der Waals surface area contributed by atoms with Gasteiger partial charge in [-0.05, 0) is 50.1 Å². The van der Waals surface area contributed by atoms with Crippen molar-refractivity contribution in [2.45, 2.75) is 20.3 Å². The number of hydrogen-bond acceptors (Lipinski definition) is 1. The number of rotatable bonds is 2. The van der Waals surface area contributed by atoms with E-state index in [1.165, 1.54) is 11.6 Å². The lowest BCUT2D eigenvalue weighted by atomic mass is 10.1. The zero-order valence-corrected chi connectivity index (χ0v) is 14.3. The summed E-state index contributed by atoms with van der Waals surface area (Å²) in [4.78, 5) is 15.0. The second kappa shape index (κ2) is 5.88. The van der Waals surface area contributed by atoms with Crippen LogP contribution in [0.1, 0.15) is 27.3 Å². The Labute approximate surface area is 146 Å². The van der Waals surface area contributed by atoms with Gasteiger partial charge in [0.25, 0.3) is 5.91 Å². The number of fused-ring (bicyclic) bond motifs is 1. The van der Waals surface area contributed by atoms with Gasteiger partial charge in [-0.25, -0.2) is 4.39 Å². The van der Waals surface area contributed by atoms with E-state index in [1.807, 2.05) is 47.6 Å². The maximum Gasteiger partial charge on any atom is 0.260 e. The van der Waals surface area contributed by atoms with Crippen molar-refractivity contribution in [3.8, 4) is 5.69 Å². The molecule has 1 aliphatic rings. The van der Waals surface area contributed by atoms with E-state index in [2.05, 4.69) is 6.07 Å². The molecule has 4 rings (SSSR count). The Hall–Kier alpha value is -2.88. The topological polar surface area (TPSA) is 25.2 Å². The first kappa shape index (κ1) is 15.6. The molecule has 1 aromatic heterocycles. The third kappa shape index (κ3) is 2.45. The van der Waals surface area contributed by atoms with Crippen LogP contribution < -0.4 is 4.90 Å². The lowest BCUT2D eigenvalue weighted by Crippen LogP contribution is -2.29. The molecule has 0 radical (unpaired) electrons. The Bertz CT molecular complexity index is 974. The monoisotopic (exact) mass is 334 g/mol. The van der Waals surface area contributed by atoms with Gasteiger partial charge in [-0.15, -0.1) is 0 Å². The Morgan fingerprint density at radius 2 is 1.68 bits per heavy atom. The lowest BCUT2D eigenvalue weighted by Gasteiger charge is -2.17. The number of para-hydroxylation sites is 2. The van der Waals surface area contributed by atoms with Crippen molar-refractivity contribution in [1.29, 1.82) is 0 Å². The van der Waals surface area contributed by atoms with Gasteiger partial charge in [0.05, 0.1) is 11.3 Å². The summed E-state index contributed by atoms with van der Waals surface area (Å²) in [5.41, 5.74) is 4.87. The molecule has 3 aromatic rings. The fourth-order valence-corrected chi connectivity index (χ4v) is 3.68. The smallest absolute Gasteiger partial charge is 0.260 e. The normalized spacial score (nSPS) is 13.2. The number of hydrogen-bond donors (Lipinski definition) is 0. The molecule has 4 heteroatoms. The van der Waals surface area contributed by atoms with Gasteiger partial charge >= 0.3 is 0 Å². The van der Waals surface area contributed by atoms with Crippen LogP contribution in [0, 0.1) is 19.7 Å². The zero-order chi connectivity index (χ0) is 17.6. The van der Waals surface area contributed by atoms with Crippen LogP contribution in [0.5, 0.6) is 0 Å². The highest BCUT2D eigenvalue weighted by Gasteiger charge is 2.28. The molecule has 126 valence electrons. The number of nitrogens with zero attached hydrogens (tertiary/aromatic N) is 2. The molecule has 0 N–H and O–H groups in total. The summed E-state index contributed by atoms with van der Waals surface area (Å²) in [5.74, 6) is -0.324. The number of amides is 1. The largest absolute Gasteiger partial charge is 0.315 e. The van der Waals surface area contributed by atoms with Crippen molar-refractivity contribution < 1.29 is 9.18 Å². The predicted octanol–water partition coefficient (Wildman–Crippen LogP) is 4.44. The average molecular weight is 334 g/mol. The highest BCUT2D eigenvalue weighted by atomic mass is 19.1. The van der Waals surface area contributed by atoms with Crippen molar-refractivity contribution in [1.82, 2.24) is 4.57 Å². The van der Waals surface area contributed by atoms with Gasteiger partial charge in [-0.1, -0.05) is 30.3 Å². The second-order valence-electron chi connectivity index (χ2n) is 6.41. The second-order valence-corrected chi connectivity index (χ2v) is 6.41. The minimum Gasteiger partial charge on any atom is -0.315 e. The first-order chi connectivity index (χ1) is 12.1. The minimum atomic E-state index is -0.296. The molecule has 0 saturated carbocycles. The maximum absolute atomic E-state index is 14.2. The molecule has 0 fully saturated rings. The molecule has 2 heterocycles. The molecule has 2 aromatic carbocycles. The van der Waals surface area contributed by atoms with Gasteiger partial charge in [0, 0.05) is 23.6 Å². The zero-order valence-electron chi connectivity index (χ0n) is 14.3. The summed E-state index contributed by atoms with van der Waals surface area (Å²) in [5, 5.41) is 0. The molecule has 0 unspecified atom stereocenters. The summed E-state index contributed by atoms with van der Waals surface area (Å²) >= 11 is 0. The van der Waals surface area contributed by atoms with Gasteiger partial charge < -0.3 is 9.47 Å². The predicted molar refractivity (Wildman–Crippen MR) is 97.0 cm³/mol. The van der Waals surface area contributed by atoms with Gasteiger partial charge in [0.15, 0.2) is 0 Å². The summed E-state index contributed by atoms with van der Waals surface area (Å²) in [7, 11) is 0. The van der Waals surface area contributed by atoms with E-state index in [4.69, 9.17) is 0 Å². The van der Waals surface area contributed by atoms with Gasteiger partial charge in [-0.2, -0.15) is 0 Å². The summed E-state index contributed by atoms with van der Waals surface area (Å²) in [6.07, 6.45) is 0.869. The molecule has 0 aliphatic carbocycles. The van der Waals surface area contributed by atoms with Crippen LogP contribution in [0.3, 0.4) is 0 Å². The molecular weight excluding hydrogens is 315 g/mol. The molecule has 1 aliphatic heterocycles. The fourth-order valence-electron chi connectivity index (χ4n) is 3.68. The van der Waals surface area contributed by atoms with E-state index in [9.17, 15) is 9.18 Å². The molecular formula is C21H19FN2O. The molecule has 25 heavy (non-hydrogen) atoms. The van der Waals surface area contributed by atoms with E-state index >= 15 is 0 Å². The quantitative estimate of drug-likeness (QED) is 0.680. The van der Waals surface area contributed by atoms with Crippen LogP contribution in [0.2, 0.25) is 0 Å². The van der Waals surface area contributed by atoms with Gasteiger partial charge in [-0.3, -0.25) is 4.79 Å². The van der Waals surface area contributed by atoms with E-state index in [1.54, 1.807) is 18.2 Å². The standard InChI is InChI=1S/C21H19FN2O/c1-14-13-17(15(2)24(14)20-10-6-4-8-18(20)22)21(25)23-12-11-16-7-3-5-9-19(16)23/h3-10,13H,11-12H2,1-2H3. The highest BCUT2D eigenvalue weighted by Crippen LogP contribution is 2.31. The van der Waals surface area contributed by atoms with E-state index < -0.39 is 0 Å². The number of benzene rings is 2. The molecule has 1 amide bonds. The first-order valence-corrected chi connectivity index (χ1v) is 8.41. The molecule has 0 bridgehead atoms. The van der Waals surface area contributed by atoms with Crippen LogP contribution in [0.25, 0.3) is 5.69 Å². The number of anilines is 1. The Morgan fingerprint density at radius 1 is 1.00 bits per heavy atom. The van der Waals surface area contributed by atoms with Crippen LogP contribution in [0.15, 0.2) is 54.6 Å². The number of carbonyl (C=O) groups excluding carboxylic acids is 1. The summed E-state index contributed by atoms with van der Waals surface area (Å²) in [6, 6.07) is 16.5. The third-order valence-electron chi connectivity index (χ3n) is 4.89. The maximum atomic E-state index is 14.2. The van der Waals surface area contributed by atoms with Crippen molar-refractivity contribution in [3.05, 3.63) is 82.9 Å². The molecule has 0 spiro atoms. The van der Waals surface area contributed by atoms with Crippen LogP contribution in [-0.4, -0.2) is 17.0 Å². The first-order valence-electron chi connectivity index (χ1n) is 8.41. The average Bonchev–Trinajstić information content (AvgIpc) is 3.16. The van der Waals surface area contributed by atoms with Crippen LogP contribution in [0.4, 0.5) is 10.1 Å². The van der Waals surface area contributed by atoms with Crippen LogP contribution in [-0.2, 0) is 6.42 Å². The molecule has 3 nitrogen and oxygen atoms in total. The molecule has 0 saturated heterocycles. The number of carbonyl (C=O) groups is 1. The Balaban J connectivity index is 1.77. The van der Waals surface area contributed by atoms with Gasteiger partial charge in [0.2, 0.25) is 0 Å². The fraction of sp³-hybridized carbons (Fsp3) is 0.190. The SMILES string of the molecule is Cc1cc(C(=O)N2CCc3ccccc32)c(C)n1-c1ccccc1F. The summed E-state index contributed by atoms with van der Waals surface area (Å²) < 4.78 is 16.0. The van der Waals surface area contributed by atoms with Crippen molar-refractivity contribution in [2.75, 3.05) is 11.4 Å². The third-order valence-corrected chi connectivity index (χ3v) is 4.89. The Morgan fingerprint density at radius 3 is 2.44 bits per heavy atom. The summed E-state index contributed by atoms with van der Waals surface area (Å²) in [6.45, 7) is 4.45. The number of aromatic nitrogens is 1. The lowest BCUT2D eigenvalue weighted by molar-refractivity contribution is 0.0989. The van der Waals surface area contributed by atoms with E-state index in [0.29, 0.717) is 17.8 Å². The molecule has 0 atom stereocenters. The van der Waals surface area contributed by atoms with Crippen LogP contribution >= 0.6 is 0 Å². The number of halogens is 1. The van der Waals surface area contributed by atoms with E-state index in [-0.39, 0.29) is 11.7 Å².